The maximum absolute atomic E-state index is 15.8. The monoisotopic (exact) mass is 967 g/mol. The number of hydrogen-bond acceptors (Lipinski definition) is 14. The zero-order valence-corrected chi connectivity index (χ0v) is 42.2. The van der Waals surface area contributed by atoms with Crippen LogP contribution in [-0.2, 0) is 47.3 Å². The lowest BCUT2D eigenvalue weighted by Gasteiger charge is -2.67. The van der Waals surface area contributed by atoms with Crippen molar-refractivity contribution < 1.29 is 67.1 Å². The molecule has 1 unspecified atom stereocenters. The number of amides is 1. The maximum Gasteiger partial charge on any atom is 0.338 e. The summed E-state index contributed by atoms with van der Waals surface area (Å²) in [6.45, 7) is 18.2. The largest absolute Gasteiger partial charge is 0.456 e. The number of Topliss-reactive ketones (excluding diaryl/α,β-unsaturated/α-hetero) is 1. The van der Waals surface area contributed by atoms with E-state index >= 15 is 9.59 Å². The van der Waals surface area contributed by atoms with Crippen molar-refractivity contribution in [2.75, 3.05) is 6.61 Å². The number of aliphatic hydroxyl groups excluding tert-OH is 1. The van der Waals surface area contributed by atoms with Crippen molar-refractivity contribution in [3.05, 3.63) is 119 Å². The number of nitrogens with one attached hydrogen (secondary N) is 1. The van der Waals surface area contributed by atoms with Crippen molar-refractivity contribution in [3.63, 3.8) is 0 Å². The molecule has 3 N–H and O–H groups in total. The van der Waals surface area contributed by atoms with Gasteiger partial charge in [0, 0.05) is 37.7 Å². The van der Waals surface area contributed by atoms with Crippen molar-refractivity contribution >= 4 is 43.9 Å². The van der Waals surface area contributed by atoms with Crippen molar-refractivity contribution in [3.8, 4) is 0 Å². The van der Waals surface area contributed by atoms with Gasteiger partial charge in [-0.05, 0) is 73.0 Å². The molecular formula is C53H65NO14Si. The first-order valence-electron chi connectivity index (χ1n) is 23.4. The minimum atomic E-state index is -2.93. The zero-order valence-electron chi connectivity index (χ0n) is 41.2. The van der Waals surface area contributed by atoms with Gasteiger partial charge in [0.25, 0.3) is 5.91 Å². The third-order valence-corrected chi connectivity index (χ3v) is 20.1. The molecule has 0 aromatic heterocycles. The predicted molar refractivity (Wildman–Crippen MR) is 254 cm³/mol. The molecule has 2 bridgehead atoms. The first kappa shape index (κ1) is 51.3. The van der Waals surface area contributed by atoms with E-state index in [1.807, 2.05) is 33.9 Å². The van der Waals surface area contributed by atoms with Gasteiger partial charge in [0.2, 0.25) is 0 Å². The molecule has 7 rings (SSSR count). The van der Waals surface area contributed by atoms with E-state index in [0.717, 1.165) is 6.92 Å². The highest BCUT2D eigenvalue weighted by molar-refractivity contribution is 6.74. The molecular weight excluding hydrogens is 903 g/mol. The standard InChI is InChI=1S/C53H65NO14Si/c1-30-36(65-48(61)42(68-69(10,11)49(4,5)6)40(33-21-15-12-16-22-33)54-46(59)34-23-17-13-18-24-34)28-53(62)45(66-47(60)35-25-19-14-20-26-35)43-51(9,37(57)27-38-52(43,29-63-38)67-32(3)56)44(58)41(64-31(2)55)39(30)50(53,7)8/h12-26,36-38,40-43,45,57,62H,27-29H2,1-11H3,(H,54,59)/t36-,37?,38+,40-,41+,42+,43-,45-,51+,52-,53+/m0/s1. The second-order valence-electron chi connectivity index (χ2n) is 21.2. The van der Waals surface area contributed by atoms with Crippen LogP contribution in [0.4, 0.5) is 0 Å². The fourth-order valence-electron chi connectivity index (χ4n) is 10.8. The molecule has 11 atom stereocenters. The van der Waals surface area contributed by atoms with E-state index < -0.39 is 126 Å². The molecule has 1 saturated heterocycles. The molecule has 1 amide bonds. The van der Waals surface area contributed by atoms with Gasteiger partial charge >= 0.3 is 23.9 Å². The van der Waals surface area contributed by atoms with Gasteiger partial charge in [-0.25, -0.2) is 9.59 Å². The lowest BCUT2D eigenvalue weighted by molar-refractivity contribution is -0.346. The number of aliphatic hydroxyl groups is 2. The topological polar surface area (TPSA) is 210 Å². The summed E-state index contributed by atoms with van der Waals surface area (Å²) < 4.78 is 38.2. The van der Waals surface area contributed by atoms with Gasteiger partial charge in [0.15, 0.2) is 31.9 Å². The summed E-state index contributed by atoms with van der Waals surface area (Å²) in [6.07, 6.45) is -9.79. The lowest BCUT2D eigenvalue weighted by atomic mass is 9.44. The number of hydrogen-bond donors (Lipinski definition) is 3. The molecule has 4 aliphatic rings. The average Bonchev–Trinajstić information content (AvgIpc) is 3.28. The van der Waals surface area contributed by atoms with E-state index in [2.05, 4.69) is 5.32 Å². The van der Waals surface area contributed by atoms with Gasteiger partial charge in [0.05, 0.1) is 35.6 Å². The Labute approximate surface area is 404 Å². The number of fused-ring (bicyclic) bond motifs is 5. The number of carbonyl (C=O) groups is 6. The van der Waals surface area contributed by atoms with Crippen LogP contribution in [0.15, 0.2) is 102 Å². The Morgan fingerprint density at radius 1 is 0.826 bits per heavy atom. The van der Waals surface area contributed by atoms with Gasteiger partial charge in [-0.1, -0.05) is 101 Å². The van der Waals surface area contributed by atoms with E-state index in [1.165, 1.54) is 26.0 Å². The number of benzene rings is 3. The first-order valence-corrected chi connectivity index (χ1v) is 26.3. The van der Waals surface area contributed by atoms with Crippen LogP contribution in [0.2, 0.25) is 18.1 Å². The van der Waals surface area contributed by atoms with Crippen molar-refractivity contribution in [1.82, 2.24) is 5.32 Å². The Hall–Kier alpha value is -5.52. The fourth-order valence-corrected chi connectivity index (χ4v) is 12.0. The van der Waals surface area contributed by atoms with Gasteiger partial charge < -0.3 is 43.6 Å². The third-order valence-electron chi connectivity index (χ3n) is 15.7. The number of ether oxygens (including phenoxy) is 5. The fraction of sp³-hybridized carbons (Fsp3) is 0.509. The molecule has 3 aliphatic carbocycles. The second-order valence-corrected chi connectivity index (χ2v) is 26.0. The molecule has 370 valence electrons. The van der Waals surface area contributed by atoms with Crippen LogP contribution in [0.3, 0.4) is 0 Å². The van der Waals surface area contributed by atoms with Crippen LogP contribution in [0, 0.1) is 16.7 Å². The Balaban J connectivity index is 1.44. The molecule has 2 saturated carbocycles. The highest BCUT2D eigenvalue weighted by Crippen LogP contribution is 2.64. The quantitative estimate of drug-likeness (QED) is 0.0741. The molecule has 15 nitrogen and oxygen atoms in total. The van der Waals surface area contributed by atoms with Crippen LogP contribution < -0.4 is 5.32 Å². The van der Waals surface area contributed by atoms with Gasteiger partial charge in [-0.15, -0.1) is 0 Å². The van der Waals surface area contributed by atoms with Crippen molar-refractivity contribution in [1.29, 1.82) is 0 Å². The van der Waals surface area contributed by atoms with Crippen LogP contribution in [0.5, 0.6) is 0 Å². The molecule has 0 spiro atoms. The summed E-state index contributed by atoms with van der Waals surface area (Å²) in [6, 6.07) is 24.2. The lowest BCUT2D eigenvalue weighted by Crippen LogP contribution is -2.82. The van der Waals surface area contributed by atoms with Crippen LogP contribution in [0.1, 0.15) is 107 Å². The Kier molecular flexibility index (Phi) is 13.9. The van der Waals surface area contributed by atoms with E-state index in [0.29, 0.717) is 11.1 Å². The van der Waals surface area contributed by atoms with Crippen molar-refractivity contribution in [2.45, 2.75) is 147 Å². The summed E-state index contributed by atoms with van der Waals surface area (Å²) >= 11 is 0. The summed E-state index contributed by atoms with van der Waals surface area (Å²) in [7, 11) is -2.93. The Morgan fingerprint density at radius 3 is 1.91 bits per heavy atom. The van der Waals surface area contributed by atoms with Gasteiger partial charge in [-0.2, -0.15) is 0 Å². The van der Waals surface area contributed by atoms with E-state index in [1.54, 1.807) is 99.6 Å². The van der Waals surface area contributed by atoms with Crippen LogP contribution in [0.25, 0.3) is 0 Å². The third kappa shape index (κ3) is 8.98. The maximum atomic E-state index is 15.8. The molecule has 1 aliphatic heterocycles. The number of carbonyl (C=O) groups excluding carboxylic acids is 6. The molecule has 0 radical (unpaired) electrons. The van der Waals surface area contributed by atoms with Gasteiger partial charge in [0.1, 0.15) is 23.9 Å². The minimum Gasteiger partial charge on any atom is -0.456 e. The highest BCUT2D eigenvalue weighted by atomic mass is 28.4. The normalized spacial score (nSPS) is 30.4. The van der Waals surface area contributed by atoms with E-state index in [4.69, 9.17) is 28.1 Å². The highest BCUT2D eigenvalue weighted by Gasteiger charge is 2.78. The molecule has 1 heterocycles. The predicted octanol–water partition coefficient (Wildman–Crippen LogP) is 6.77. The SMILES string of the molecule is CC(=O)O[C@H]1C(=O)[C@]2(C)C(O)C[C@H]3OC[C@@]3(OC(C)=O)[C@H]2[C@H](OC(=O)c2ccccc2)[C@]2(O)C[C@H](OC(=O)[C@H](O[Si](C)(C)C(C)(C)C)[C@@H](NC(=O)c3ccccc3)c3ccccc3)C(C)=C1C2(C)C. The minimum absolute atomic E-state index is 0.0502. The van der Waals surface area contributed by atoms with E-state index in [9.17, 15) is 29.4 Å². The number of rotatable bonds is 12. The molecule has 16 heteroatoms. The molecule has 69 heavy (non-hydrogen) atoms. The average molecular weight is 968 g/mol. The summed E-state index contributed by atoms with van der Waals surface area (Å²) in [5, 5.41) is 28.8. The summed E-state index contributed by atoms with van der Waals surface area (Å²) in [4.78, 5) is 86.2. The number of esters is 4. The molecule has 3 fully saturated rings. The Bertz CT molecular complexity index is 2510. The Morgan fingerprint density at radius 2 is 1.39 bits per heavy atom. The van der Waals surface area contributed by atoms with Crippen molar-refractivity contribution in [2.24, 2.45) is 16.7 Å². The van der Waals surface area contributed by atoms with Crippen LogP contribution >= 0.6 is 0 Å². The van der Waals surface area contributed by atoms with E-state index in [-0.39, 0.29) is 29.7 Å². The summed E-state index contributed by atoms with van der Waals surface area (Å²) in [5.74, 6) is -6.32. The molecule has 3 aromatic carbocycles. The van der Waals surface area contributed by atoms with Crippen LogP contribution in [-0.4, -0.2) is 109 Å². The smallest absolute Gasteiger partial charge is 0.338 e. The first-order chi connectivity index (χ1) is 32.2. The second kappa shape index (κ2) is 18.7. The molecule has 3 aromatic rings. The summed E-state index contributed by atoms with van der Waals surface area (Å²) in [5.41, 5.74) is -6.59. The number of ketones is 1. The zero-order chi connectivity index (χ0) is 50.6. The van der Waals surface area contributed by atoms with Gasteiger partial charge in [-0.3, -0.25) is 19.2 Å².